The summed E-state index contributed by atoms with van der Waals surface area (Å²) in [5.41, 5.74) is 5.81. The van der Waals surface area contributed by atoms with Crippen molar-refractivity contribution in [2.45, 2.75) is 6.92 Å². The minimum absolute atomic E-state index is 0.000518. The summed E-state index contributed by atoms with van der Waals surface area (Å²) in [6.07, 6.45) is 0. The topological polar surface area (TPSA) is 137 Å². The van der Waals surface area contributed by atoms with Crippen LogP contribution in [0.4, 0.5) is 25.8 Å². The monoisotopic (exact) mass is 574 g/mol. The van der Waals surface area contributed by atoms with Gasteiger partial charge in [-0.1, -0.05) is 6.07 Å². The molecule has 0 aliphatic rings. The molecule has 3 rings (SSSR count). The van der Waals surface area contributed by atoms with Crippen LogP contribution in [0.25, 0.3) is 0 Å². The van der Waals surface area contributed by atoms with Crippen LogP contribution in [-0.2, 0) is 10.2 Å². The highest BCUT2D eigenvalue weighted by Crippen LogP contribution is 2.35. The van der Waals surface area contributed by atoms with E-state index in [1.807, 2.05) is 22.6 Å². The van der Waals surface area contributed by atoms with Crippen LogP contribution in [0.5, 0.6) is 11.5 Å². The smallest absolute Gasteiger partial charge is 0.296 e. The maximum atomic E-state index is 14.3. The van der Waals surface area contributed by atoms with Gasteiger partial charge in [-0.2, -0.15) is 8.42 Å². The fraction of sp³-hybridized carbons (Fsp3) is 0.0500. The van der Waals surface area contributed by atoms with Crippen molar-refractivity contribution < 1.29 is 26.7 Å². The number of hydrogen-bond acceptors (Lipinski definition) is 5. The van der Waals surface area contributed by atoms with E-state index in [0.717, 1.165) is 12.1 Å². The lowest BCUT2D eigenvalue weighted by Gasteiger charge is -2.16. The van der Waals surface area contributed by atoms with Crippen molar-refractivity contribution >= 4 is 55.8 Å². The molecule has 168 valence electrons. The van der Waals surface area contributed by atoms with Gasteiger partial charge in [0, 0.05) is 15.7 Å². The molecular formula is C20H17F2IN4O4S. The molecule has 3 aromatic rings. The van der Waals surface area contributed by atoms with E-state index in [4.69, 9.17) is 15.6 Å². The number of carbonyl (C=O) groups excluding carboxylic acids is 1. The second kappa shape index (κ2) is 9.26. The second-order valence-electron chi connectivity index (χ2n) is 6.67. The third-order valence-electron chi connectivity index (χ3n) is 4.20. The molecule has 0 aromatic heterocycles. The van der Waals surface area contributed by atoms with Gasteiger partial charge in [0.1, 0.15) is 28.7 Å². The van der Waals surface area contributed by atoms with E-state index in [1.54, 1.807) is 13.0 Å². The van der Waals surface area contributed by atoms with Gasteiger partial charge < -0.3 is 15.8 Å². The van der Waals surface area contributed by atoms with E-state index in [9.17, 15) is 22.0 Å². The highest BCUT2D eigenvalue weighted by atomic mass is 127. The molecule has 0 fully saturated rings. The van der Waals surface area contributed by atoms with Crippen LogP contribution in [-0.4, -0.2) is 14.3 Å². The van der Waals surface area contributed by atoms with Gasteiger partial charge in [0.25, 0.3) is 16.1 Å². The molecule has 0 unspecified atom stereocenters. The van der Waals surface area contributed by atoms with Crippen molar-refractivity contribution in [2.24, 2.45) is 10.9 Å². The van der Waals surface area contributed by atoms with Crippen LogP contribution in [0, 0.1) is 22.1 Å². The fourth-order valence-corrected chi connectivity index (χ4v) is 3.79. The number of hydrogen-bond donors (Lipinski definition) is 4. The summed E-state index contributed by atoms with van der Waals surface area (Å²) in [5.74, 6) is -2.54. The first-order chi connectivity index (χ1) is 14.9. The number of nitrogens with one attached hydrogen (secondary N) is 2. The Morgan fingerprint density at radius 1 is 1.03 bits per heavy atom. The molecule has 0 radical (unpaired) electrons. The molecule has 0 bridgehead atoms. The van der Waals surface area contributed by atoms with Crippen molar-refractivity contribution in [1.29, 1.82) is 0 Å². The summed E-state index contributed by atoms with van der Waals surface area (Å²) in [7, 11) is -4.05. The first kappa shape index (κ1) is 23.7. The minimum atomic E-state index is -4.05. The average Bonchev–Trinajstić information content (AvgIpc) is 2.65. The van der Waals surface area contributed by atoms with Gasteiger partial charge in [-0.3, -0.25) is 9.52 Å². The van der Waals surface area contributed by atoms with Crippen LogP contribution in [0.15, 0.2) is 48.5 Å². The first-order valence-corrected chi connectivity index (χ1v) is 11.5. The molecule has 12 heteroatoms. The van der Waals surface area contributed by atoms with E-state index in [1.165, 1.54) is 30.3 Å². The Morgan fingerprint density at radius 2 is 1.75 bits per heavy atom. The fourth-order valence-electron chi connectivity index (χ4n) is 2.81. The molecule has 0 atom stereocenters. The van der Waals surface area contributed by atoms with Crippen LogP contribution in [0.3, 0.4) is 0 Å². The van der Waals surface area contributed by atoms with E-state index in [2.05, 4.69) is 10.0 Å². The molecule has 6 N–H and O–H groups in total. The molecule has 0 aliphatic heterocycles. The number of anilines is 3. The van der Waals surface area contributed by atoms with Crippen LogP contribution in [0.2, 0.25) is 0 Å². The third kappa shape index (κ3) is 5.83. The molecule has 32 heavy (non-hydrogen) atoms. The number of carbonyl (C=O) groups is 1. The highest BCUT2D eigenvalue weighted by Gasteiger charge is 2.20. The van der Waals surface area contributed by atoms with Gasteiger partial charge in [-0.15, -0.1) is 0 Å². The van der Waals surface area contributed by atoms with E-state index >= 15 is 0 Å². The Bertz CT molecular complexity index is 1320. The van der Waals surface area contributed by atoms with Gasteiger partial charge in [0.05, 0.1) is 17.1 Å². The van der Waals surface area contributed by atoms with Crippen LogP contribution < -0.4 is 25.6 Å². The summed E-state index contributed by atoms with van der Waals surface area (Å²) in [4.78, 5) is 12.2. The van der Waals surface area contributed by atoms with Crippen molar-refractivity contribution in [1.82, 2.24) is 0 Å². The Hall–Kier alpha value is -2.97. The second-order valence-corrected chi connectivity index (χ2v) is 9.21. The van der Waals surface area contributed by atoms with Gasteiger partial charge in [0.15, 0.2) is 0 Å². The number of aryl methyl sites for hydroxylation is 1. The zero-order chi connectivity index (χ0) is 23.6. The average molecular weight is 574 g/mol. The zero-order valence-corrected chi connectivity index (χ0v) is 19.4. The summed E-state index contributed by atoms with van der Waals surface area (Å²) in [6.45, 7) is 1.63. The van der Waals surface area contributed by atoms with E-state index < -0.39 is 27.8 Å². The molecule has 3 aromatic carbocycles. The predicted octanol–water partition coefficient (Wildman–Crippen LogP) is 4.13. The molecule has 0 heterocycles. The van der Waals surface area contributed by atoms with Crippen molar-refractivity contribution in [3.05, 3.63) is 74.9 Å². The minimum Gasteiger partial charge on any atom is -0.456 e. The van der Waals surface area contributed by atoms with Gasteiger partial charge in [-0.25, -0.2) is 13.9 Å². The summed E-state index contributed by atoms with van der Waals surface area (Å²) < 4.78 is 59.7. The summed E-state index contributed by atoms with van der Waals surface area (Å²) in [6, 6.07) is 10.5. The summed E-state index contributed by atoms with van der Waals surface area (Å²) >= 11 is 1.93. The van der Waals surface area contributed by atoms with Gasteiger partial charge in [0.2, 0.25) is 0 Å². The van der Waals surface area contributed by atoms with E-state index in [-0.39, 0.29) is 34.1 Å². The quantitative estimate of drug-likeness (QED) is 0.315. The molecule has 0 spiro atoms. The number of primary amides is 1. The van der Waals surface area contributed by atoms with Gasteiger partial charge in [-0.05, 0) is 65.4 Å². The Labute approximate surface area is 196 Å². The number of rotatable bonds is 7. The Balaban J connectivity index is 2.04. The predicted molar refractivity (Wildman–Crippen MR) is 125 cm³/mol. The maximum absolute atomic E-state index is 14.3. The number of ether oxygens (including phenoxy) is 1. The lowest BCUT2D eigenvalue weighted by molar-refractivity contribution is 0.0999. The number of benzene rings is 3. The number of halogens is 3. The molecule has 1 amide bonds. The normalized spacial score (nSPS) is 11.2. The number of nitrogens with two attached hydrogens (primary N) is 2. The molecule has 0 saturated carbocycles. The van der Waals surface area contributed by atoms with Crippen LogP contribution >= 0.6 is 22.6 Å². The lowest BCUT2D eigenvalue weighted by Crippen LogP contribution is -2.22. The third-order valence-corrected chi connectivity index (χ3v) is 5.38. The van der Waals surface area contributed by atoms with Crippen LogP contribution in [0.1, 0.15) is 15.9 Å². The Kier molecular flexibility index (Phi) is 6.85. The standard InChI is InChI=1S/C20H17F2IN4O4S/c1-10-2-4-13(9-16(10)27-32(25,29)30)31-18-7-11(21)6-17(19(18)20(24)28)26-15-5-3-12(23)8-14(15)22/h2-9,26-27H,1H3,(H2,24,28)(H2,25,29,30). The van der Waals surface area contributed by atoms with Crippen molar-refractivity contribution in [3.63, 3.8) is 0 Å². The SMILES string of the molecule is Cc1ccc(Oc2cc(F)cc(Nc3ccc(I)cc3F)c2C(N)=O)cc1NS(N)(=O)=O. The number of amides is 1. The Morgan fingerprint density at radius 3 is 2.38 bits per heavy atom. The van der Waals surface area contributed by atoms with Gasteiger partial charge >= 0.3 is 0 Å². The molecule has 8 nitrogen and oxygen atoms in total. The largest absolute Gasteiger partial charge is 0.456 e. The highest BCUT2D eigenvalue weighted by molar-refractivity contribution is 14.1. The summed E-state index contributed by atoms with van der Waals surface area (Å²) in [5, 5.41) is 7.67. The van der Waals surface area contributed by atoms with Crippen molar-refractivity contribution in [2.75, 3.05) is 10.0 Å². The maximum Gasteiger partial charge on any atom is 0.296 e. The van der Waals surface area contributed by atoms with Crippen molar-refractivity contribution in [3.8, 4) is 11.5 Å². The first-order valence-electron chi connectivity index (χ1n) is 8.87. The molecular weight excluding hydrogens is 557 g/mol. The zero-order valence-electron chi connectivity index (χ0n) is 16.4. The molecule has 0 aliphatic carbocycles. The lowest BCUT2D eigenvalue weighted by atomic mass is 10.1. The van der Waals surface area contributed by atoms with E-state index in [0.29, 0.717) is 9.13 Å². The molecule has 0 saturated heterocycles.